The molecule has 10 heteroatoms. The average molecular weight is 508 g/mol. The van der Waals surface area contributed by atoms with Gasteiger partial charge in [0.05, 0.1) is 11.2 Å². The van der Waals surface area contributed by atoms with E-state index >= 15 is 0 Å². The van der Waals surface area contributed by atoms with Crippen molar-refractivity contribution >= 4 is 17.8 Å². The highest BCUT2D eigenvalue weighted by molar-refractivity contribution is 5.89. The molecule has 0 spiro atoms. The summed E-state index contributed by atoms with van der Waals surface area (Å²) in [6, 6.07) is 9.80. The number of anilines is 1. The first kappa shape index (κ1) is 25.4. The highest BCUT2D eigenvalue weighted by atomic mass is 16.2. The van der Waals surface area contributed by atoms with Crippen LogP contribution in [-0.2, 0) is 11.2 Å². The van der Waals surface area contributed by atoms with Crippen molar-refractivity contribution in [3.8, 4) is 5.69 Å². The van der Waals surface area contributed by atoms with Gasteiger partial charge in [0, 0.05) is 51.5 Å². The van der Waals surface area contributed by atoms with Crippen LogP contribution >= 0.6 is 0 Å². The van der Waals surface area contributed by atoms with E-state index in [1.807, 2.05) is 12.1 Å². The molecule has 3 aliphatic rings. The number of aromatic nitrogens is 2. The maximum Gasteiger partial charge on any atom is 0.354 e. The van der Waals surface area contributed by atoms with Gasteiger partial charge in [0.25, 0.3) is 0 Å². The molecular formula is C27H37N7O3. The van der Waals surface area contributed by atoms with Crippen molar-refractivity contribution in [1.82, 2.24) is 24.3 Å². The number of urea groups is 1. The molecule has 3 N–H and O–H groups in total. The van der Waals surface area contributed by atoms with Crippen molar-refractivity contribution in [2.45, 2.75) is 45.2 Å². The zero-order valence-corrected chi connectivity index (χ0v) is 21.9. The second-order valence-corrected chi connectivity index (χ2v) is 11.3. The molecular weight excluding hydrogens is 470 g/mol. The van der Waals surface area contributed by atoms with Crippen molar-refractivity contribution in [2.75, 3.05) is 44.6 Å². The number of piperazine rings is 1. The third-order valence-corrected chi connectivity index (χ3v) is 7.82. The summed E-state index contributed by atoms with van der Waals surface area (Å²) in [5.74, 6) is 1.92. The molecule has 198 valence electrons. The quantitative estimate of drug-likeness (QED) is 0.613. The molecule has 5 rings (SSSR count). The molecule has 3 heterocycles. The molecule has 1 unspecified atom stereocenters. The third-order valence-electron chi connectivity index (χ3n) is 7.82. The topological polar surface area (TPSA) is 117 Å². The Kier molecular flexibility index (Phi) is 6.80. The molecule has 1 aromatic carbocycles. The minimum Gasteiger partial charge on any atom is -0.338 e. The van der Waals surface area contributed by atoms with Gasteiger partial charge in [-0.1, -0.05) is 12.1 Å². The van der Waals surface area contributed by atoms with Crippen LogP contribution < -0.4 is 16.7 Å². The third kappa shape index (κ3) is 5.70. The van der Waals surface area contributed by atoms with Gasteiger partial charge in [-0.2, -0.15) is 4.98 Å². The molecule has 0 bridgehead atoms. The molecule has 3 amide bonds. The molecule has 1 aromatic heterocycles. The Morgan fingerprint density at radius 2 is 1.68 bits per heavy atom. The van der Waals surface area contributed by atoms with Crippen LogP contribution in [0.1, 0.15) is 32.8 Å². The van der Waals surface area contributed by atoms with E-state index < -0.39 is 11.2 Å². The Morgan fingerprint density at radius 3 is 2.27 bits per heavy atom. The van der Waals surface area contributed by atoms with Gasteiger partial charge in [0.15, 0.2) is 0 Å². The summed E-state index contributed by atoms with van der Waals surface area (Å²) < 4.78 is 1.47. The number of benzene rings is 1. The highest BCUT2D eigenvalue weighted by Crippen LogP contribution is 2.45. The Hall–Kier alpha value is -3.24. The van der Waals surface area contributed by atoms with E-state index in [0.29, 0.717) is 32.2 Å². The van der Waals surface area contributed by atoms with Crippen molar-refractivity contribution in [1.29, 1.82) is 0 Å². The van der Waals surface area contributed by atoms with E-state index in [4.69, 9.17) is 5.73 Å². The summed E-state index contributed by atoms with van der Waals surface area (Å²) in [5, 5.41) is 2.70. The van der Waals surface area contributed by atoms with Gasteiger partial charge in [0.1, 0.15) is 5.82 Å². The summed E-state index contributed by atoms with van der Waals surface area (Å²) in [5.41, 5.74) is 6.49. The minimum atomic E-state index is -0.940. The fourth-order valence-corrected chi connectivity index (χ4v) is 5.44. The van der Waals surface area contributed by atoms with Crippen LogP contribution in [0.25, 0.3) is 5.69 Å². The Morgan fingerprint density at radius 1 is 1.05 bits per heavy atom. The van der Waals surface area contributed by atoms with Gasteiger partial charge in [-0.05, 0) is 69.2 Å². The van der Waals surface area contributed by atoms with Crippen LogP contribution in [-0.4, -0.2) is 87.0 Å². The van der Waals surface area contributed by atoms with Gasteiger partial charge >= 0.3 is 11.7 Å². The van der Waals surface area contributed by atoms with E-state index in [2.05, 4.69) is 34.3 Å². The number of hydrogen-bond donors (Lipinski definition) is 2. The van der Waals surface area contributed by atoms with Gasteiger partial charge < -0.3 is 15.5 Å². The predicted octanol–water partition coefficient (Wildman–Crippen LogP) is 1.53. The smallest absolute Gasteiger partial charge is 0.338 e. The van der Waals surface area contributed by atoms with Crippen LogP contribution in [0.5, 0.6) is 0 Å². The Balaban J connectivity index is 1.15. The number of hydrogen-bond acceptors (Lipinski definition) is 6. The minimum absolute atomic E-state index is 0.136. The van der Waals surface area contributed by atoms with Gasteiger partial charge in [-0.25, -0.2) is 9.59 Å². The largest absolute Gasteiger partial charge is 0.354 e. The molecule has 0 radical (unpaired) electrons. The Bertz CT molecular complexity index is 1200. The van der Waals surface area contributed by atoms with E-state index in [-0.39, 0.29) is 17.8 Å². The lowest BCUT2D eigenvalue weighted by Gasteiger charge is -2.37. The molecule has 2 saturated heterocycles. The summed E-state index contributed by atoms with van der Waals surface area (Å²) in [7, 11) is 0. The standard InChI is InChI=1S/C27H37N7O3/c1-18(33-16-20-15-21(20)17-33)14-19-4-6-22(7-5-19)34-9-8-23(30-26(34)37)29-25(36)32-12-10-31(11-13-32)24(35)27(2,3)28/h4-9,18,20-21H,10-17,28H2,1-3H3,(H,29,30,36,37)/t18?,20-,21+. The SMILES string of the molecule is CC(Cc1ccc(-n2ccc(NC(=O)N3CCN(C(=O)C(C)(C)N)CC3)nc2=O)cc1)N1C[C@H]2C[C@H]2C1. The summed E-state index contributed by atoms with van der Waals surface area (Å²) in [6.45, 7) is 9.70. The monoisotopic (exact) mass is 507 g/mol. The number of rotatable bonds is 6. The summed E-state index contributed by atoms with van der Waals surface area (Å²) in [6.07, 6.45) is 4.03. The zero-order chi connectivity index (χ0) is 26.3. The number of fused-ring (bicyclic) bond motifs is 1. The Labute approximate surface area is 217 Å². The van der Waals surface area contributed by atoms with Crippen LogP contribution in [0.3, 0.4) is 0 Å². The molecule has 1 aliphatic carbocycles. The number of nitrogens with zero attached hydrogens (tertiary/aromatic N) is 5. The molecule has 2 aromatic rings. The lowest BCUT2D eigenvalue weighted by atomic mass is 10.1. The van der Waals surface area contributed by atoms with Crippen LogP contribution in [0.15, 0.2) is 41.3 Å². The second kappa shape index (κ2) is 9.90. The number of amides is 3. The van der Waals surface area contributed by atoms with Crippen LogP contribution in [0.2, 0.25) is 0 Å². The number of likely N-dealkylation sites (tertiary alicyclic amines) is 1. The number of carbonyl (C=O) groups excluding carboxylic acids is 2. The van der Waals surface area contributed by atoms with Crippen LogP contribution in [0.4, 0.5) is 10.6 Å². The summed E-state index contributed by atoms with van der Waals surface area (Å²) in [4.78, 5) is 47.6. The van der Waals surface area contributed by atoms with Gasteiger partial charge in [-0.3, -0.25) is 19.6 Å². The van der Waals surface area contributed by atoms with Crippen molar-refractivity contribution in [2.24, 2.45) is 17.6 Å². The zero-order valence-electron chi connectivity index (χ0n) is 21.9. The number of nitrogens with one attached hydrogen (secondary N) is 1. The number of piperidine rings is 1. The molecule has 3 atom stereocenters. The van der Waals surface area contributed by atoms with Gasteiger partial charge in [-0.15, -0.1) is 0 Å². The molecule has 10 nitrogen and oxygen atoms in total. The first-order valence-corrected chi connectivity index (χ1v) is 13.2. The lowest BCUT2D eigenvalue weighted by Crippen LogP contribution is -2.58. The number of nitrogens with two attached hydrogens (primary N) is 1. The normalized spacial score (nSPS) is 22.5. The van der Waals surface area contributed by atoms with E-state index in [1.165, 1.54) is 29.6 Å². The highest BCUT2D eigenvalue weighted by Gasteiger charge is 2.45. The van der Waals surface area contributed by atoms with Crippen molar-refractivity contribution in [3.05, 3.63) is 52.6 Å². The van der Waals surface area contributed by atoms with Gasteiger partial charge in [0.2, 0.25) is 5.91 Å². The maximum atomic E-state index is 12.7. The number of carbonyl (C=O) groups is 2. The maximum absolute atomic E-state index is 12.7. The van der Waals surface area contributed by atoms with E-state index in [0.717, 1.165) is 23.9 Å². The molecule has 37 heavy (non-hydrogen) atoms. The fourth-order valence-electron chi connectivity index (χ4n) is 5.44. The average Bonchev–Trinajstić information content (AvgIpc) is 3.48. The second-order valence-electron chi connectivity index (χ2n) is 11.3. The lowest BCUT2D eigenvalue weighted by molar-refractivity contribution is -0.137. The first-order valence-electron chi connectivity index (χ1n) is 13.2. The van der Waals surface area contributed by atoms with Crippen molar-refractivity contribution < 1.29 is 9.59 Å². The molecule has 2 aliphatic heterocycles. The predicted molar refractivity (Wildman–Crippen MR) is 142 cm³/mol. The van der Waals surface area contributed by atoms with E-state index in [1.54, 1.807) is 35.9 Å². The first-order chi connectivity index (χ1) is 17.6. The summed E-state index contributed by atoms with van der Waals surface area (Å²) >= 11 is 0. The van der Waals surface area contributed by atoms with Crippen LogP contribution in [0, 0.1) is 11.8 Å². The van der Waals surface area contributed by atoms with Crippen molar-refractivity contribution in [3.63, 3.8) is 0 Å². The molecule has 1 saturated carbocycles. The fraction of sp³-hybridized carbons (Fsp3) is 0.556. The molecule has 3 fully saturated rings. The van der Waals surface area contributed by atoms with E-state index in [9.17, 15) is 14.4 Å².